The third kappa shape index (κ3) is 62.5. The zero-order valence-corrected chi connectivity index (χ0v) is 64.4. The van der Waals surface area contributed by atoms with E-state index in [9.17, 15) is 33.6 Å². The molecule has 0 fully saturated rings. The van der Waals surface area contributed by atoms with E-state index in [1.165, 1.54) is 38.5 Å². The van der Waals surface area contributed by atoms with Crippen molar-refractivity contribution < 1.29 is 66.7 Å². The maximum Gasteiger partial charge on any atom is 0.306 e. The number of carbonyl (C=O) groups is 7. The molecule has 0 saturated heterocycles. The number of hydrogen-bond donors (Lipinski definition) is 0. The van der Waals surface area contributed by atoms with Gasteiger partial charge in [-0.3, -0.25) is 33.6 Å². The fourth-order valence-electron chi connectivity index (χ4n) is 11.7. The van der Waals surface area contributed by atoms with Crippen LogP contribution in [0.4, 0.5) is 0 Å². The maximum absolute atomic E-state index is 13.5. The largest absolute Gasteiger partial charge is 0.465 e. The molecule has 0 amide bonds. The van der Waals surface area contributed by atoms with Crippen LogP contribution < -0.4 is 0 Å². The number of rotatable bonds is 72. The summed E-state index contributed by atoms with van der Waals surface area (Å²) in [5.74, 6) is -1.96. The number of allylic oxidation sites excluding steroid dienone is 3. The molecule has 0 spiro atoms. The zero-order valence-electron chi connectivity index (χ0n) is 64.4. The van der Waals surface area contributed by atoms with E-state index >= 15 is 0 Å². The van der Waals surface area contributed by atoms with E-state index in [4.69, 9.17) is 33.2 Å². The molecule has 0 aromatic heterocycles. The molecule has 0 radical (unpaired) electrons. The van der Waals surface area contributed by atoms with Gasteiger partial charge in [0.15, 0.2) is 0 Å². The van der Waals surface area contributed by atoms with Gasteiger partial charge in [0, 0.05) is 64.2 Å². The van der Waals surface area contributed by atoms with Gasteiger partial charge in [0.25, 0.3) is 0 Å². The van der Waals surface area contributed by atoms with E-state index in [1.54, 1.807) is 0 Å². The van der Waals surface area contributed by atoms with E-state index < -0.39 is 29.3 Å². The van der Waals surface area contributed by atoms with E-state index in [1.807, 2.05) is 19.0 Å². The number of unbranched alkanes of at least 4 members (excludes halogenated alkanes) is 30. The molecule has 15 heteroatoms. The second kappa shape index (κ2) is 69.6. The number of nitrogens with zero attached hydrogens (tertiary/aromatic N) is 1. The maximum atomic E-state index is 13.5. The lowest BCUT2D eigenvalue weighted by Gasteiger charge is -2.31. The summed E-state index contributed by atoms with van der Waals surface area (Å²) in [7, 11) is 3.87. The lowest BCUT2D eigenvalue weighted by Crippen LogP contribution is -2.44. The van der Waals surface area contributed by atoms with Gasteiger partial charge in [0.05, 0.1) is 0 Å². The molecule has 0 aromatic rings. The van der Waals surface area contributed by atoms with Crippen molar-refractivity contribution in [1.29, 1.82) is 0 Å². The minimum atomic E-state index is -1.32. The van der Waals surface area contributed by atoms with Crippen LogP contribution in [0.2, 0.25) is 0 Å². The molecule has 0 unspecified atom stereocenters. The van der Waals surface area contributed by atoms with Crippen molar-refractivity contribution in [2.45, 2.75) is 400 Å². The molecule has 0 N–H and O–H groups in total. The van der Waals surface area contributed by atoms with Crippen molar-refractivity contribution in [1.82, 2.24) is 4.90 Å². The molecule has 3 atom stereocenters. The Hall–Kier alpha value is -4.53. The highest BCUT2D eigenvalue weighted by Gasteiger charge is 2.38. The molecular weight excluding hydrogens is 1230 g/mol. The van der Waals surface area contributed by atoms with Crippen molar-refractivity contribution in [3.05, 3.63) is 36.5 Å². The summed E-state index contributed by atoms with van der Waals surface area (Å²) in [5.41, 5.74) is -1.32. The Bertz CT molecular complexity index is 1820. The van der Waals surface area contributed by atoms with E-state index in [0.717, 1.165) is 231 Å². The van der Waals surface area contributed by atoms with Crippen molar-refractivity contribution in [3.63, 3.8) is 0 Å². The van der Waals surface area contributed by atoms with Crippen LogP contribution in [0, 0.1) is 5.41 Å². The topological polar surface area (TPSA) is 187 Å². The van der Waals surface area contributed by atoms with E-state index in [-0.39, 0.29) is 88.3 Å². The second-order valence-electron chi connectivity index (χ2n) is 28.3. The molecular formula is C83H149NO14. The van der Waals surface area contributed by atoms with Gasteiger partial charge in [-0.15, -0.1) is 0 Å². The van der Waals surface area contributed by atoms with Crippen LogP contribution >= 0.6 is 0 Å². The summed E-state index contributed by atoms with van der Waals surface area (Å²) < 4.78 is 41.4. The molecule has 98 heavy (non-hydrogen) atoms. The van der Waals surface area contributed by atoms with Gasteiger partial charge in [-0.25, -0.2) is 0 Å². The molecule has 0 aliphatic rings. The summed E-state index contributed by atoms with van der Waals surface area (Å²) in [6.45, 7) is 12.6. The third-order valence-corrected chi connectivity index (χ3v) is 18.1. The fourth-order valence-corrected chi connectivity index (χ4v) is 11.7. The summed E-state index contributed by atoms with van der Waals surface area (Å²) >= 11 is 0. The quantitative estimate of drug-likeness (QED) is 0.0242. The Kier molecular flexibility index (Phi) is 66.3. The lowest BCUT2D eigenvalue weighted by atomic mass is 9.92. The highest BCUT2D eigenvalue weighted by molar-refractivity contribution is 5.72. The van der Waals surface area contributed by atoms with Gasteiger partial charge in [-0.05, 0) is 143 Å². The van der Waals surface area contributed by atoms with Crippen molar-refractivity contribution in [2.75, 3.05) is 47.1 Å². The van der Waals surface area contributed by atoms with Crippen molar-refractivity contribution in [3.8, 4) is 0 Å². The van der Waals surface area contributed by atoms with Crippen LogP contribution in [-0.4, -0.2) is 112 Å². The number of esters is 7. The molecule has 0 saturated carbocycles. The smallest absolute Gasteiger partial charge is 0.306 e. The highest BCUT2D eigenvalue weighted by Crippen LogP contribution is 2.25. The Labute approximate surface area is 599 Å². The fraction of sp³-hybridized carbons (Fsp3) is 0.843. The monoisotopic (exact) mass is 1380 g/mol. The van der Waals surface area contributed by atoms with Gasteiger partial charge in [0.2, 0.25) is 0 Å². The van der Waals surface area contributed by atoms with Gasteiger partial charge >= 0.3 is 41.8 Å². The van der Waals surface area contributed by atoms with Crippen LogP contribution in [0.25, 0.3) is 0 Å². The van der Waals surface area contributed by atoms with Gasteiger partial charge < -0.3 is 38.1 Å². The molecule has 570 valence electrons. The Morgan fingerprint density at radius 3 is 0.776 bits per heavy atom. The molecule has 0 heterocycles. The average molecular weight is 1390 g/mol. The third-order valence-electron chi connectivity index (χ3n) is 18.1. The number of carbonyl (C=O) groups excluding carboxylic acids is 7. The second-order valence-corrected chi connectivity index (χ2v) is 28.3. The first kappa shape index (κ1) is 93.5. The Morgan fingerprint density at radius 2 is 0.500 bits per heavy atom. The highest BCUT2D eigenvalue weighted by atomic mass is 16.6. The molecule has 0 aliphatic heterocycles. The van der Waals surface area contributed by atoms with Gasteiger partial charge in [-0.2, -0.15) is 0 Å². The van der Waals surface area contributed by atoms with Crippen LogP contribution in [0.5, 0.6) is 0 Å². The van der Waals surface area contributed by atoms with Crippen LogP contribution in [0.15, 0.2) is 36.5 Å². The predicted molar refractivity (Wildman–Crippen MR) is 401 cm³/mol. The van der Waals surface area contributed by atoms with E-state index in [2.05, 4.69) is 78.0 Å². The number of ether oxygens (including phenoxy) is 7. The molecule has 0 rings (SSSR count). The first-order valence-corrected chi connectivity index (χ1v) is 40.5. The van der Waals surface area contributed by atoms with Gasteiger partial charge in [-0.1, -0.05) is 232 Å². The molecule has 0 aliphatic carbocycles. The van der Waals surface area contributed by atoms with Crippen LogP contribution in [0.1, 0.15) is 382 Å². The van der Waals surface area contributed by atoms with Gasteiger partial charge in [0.1, 0.15) is 50.2 Å². The van der Waals surface area contributed by atoms with Crippen molar-refractivity contribution >= 4 is 41.8 Å². The normalized spacial score (nSPS) is 12.7. The Morgan fingerprint density at radius 1 is 0.276 bits per heavy atom. The van der Waals surface area contributed by atoms with Crippen molar-refractivity contribution in [2.24, 2.45) is 5.41 Å². The first-order chi connectivity index (χ1) is 47.7. The summed E-state index contributed by atoms with van der Waals surface area (Å²) in [6, 6.07) is 0. The summed E-state index contributed by atoms with van der Waals surface area (Å²) in [4.78, 5) is 93.2. The average Bonchev–Trinajstić information content (AvgIpc) is 0.873. The minimum absolute atomic E-state index is 0.0700. The SMILES string of the molecule is CCCCCC[C@H](C/C=C\CCCCCCCC(=O)OCC(COC(=O)CCCCCCC/C=C\C[C@@H](CCCCCC)OC(=O)CCCCC)(COC(=O)CCCCCCC/C=C\C[C@@H](CCCCCC)OC(=O)CCCCC)COC(=O)CCCN(C)C)OC(=O)CCCCC. The van der Waals surface area contributed by atoms with Crippen LogP contribution in [0.3, 0.4) is 0 Å². The summed E-state index contributed by atoms with van der Waals surface area (Å²) in [6.07, 6.45) is 59.6. The molecule has 0 aromatic carbocycles. The van der Waals surface area contributed by atoms with Crippen LogP contribution in [-0.2, 0) is 66.7 Å². The standard InChI is InChI=1S/C83H149NO14/c1-9-15-21-45-55-73(96-80(89)64-42-18-12-4)58-48-36-30-24-27-33-39-51-61-76(85)92-69-83(72-95-79(88)67-54-68-84(7)8,70-93-77(86)62-52-40-34-28-25-31-37-49-59-74(56-46-22-16-10-2)97-81(90)65-43-19-13-5)71-94-78(87)63-53-41-35-29-26-32-38-50-60-75(57-47-23-17-11-3)98-82(91)66-44-20-14-6/h36-38,48-50,73-75H,9-35,39-47,51-72H2,1-8H3/b48-36-,49-37-,50-38-/t73-,74-,75-/m1/s1. The lowest BCUT2D eigenvalue weighted by molar-refractivity contribution is -0.171. The Balaban J connectivity index is 5.78. The molecule has 0 bridgehead atoms. The first-order valence-electron chi connectivity index (χ1n) is 40.5. The van der Waals surface area contributed by atoms with E-state index in [0.29, 0.717) is 51.5 Å². The zero-order chi connectivity index (χ0) is 72.1. The minimum Gasteiger partial charge on any atom is -0.465 e. The molecule has 15 nitrogen and oxygen atoms in total. The predicted octanol–water partition coefficient (Wildman–Crippen LogP) is 21.9. The summed E-state index contributed by atoms with van der Waals surface area (Å²) in [5, 5.41) is 0. The number of hydrogen-bond acceptors (Lipinski definition) is 15.